The van der Waals surface area contributed by atoms with Gasteiger partial charge in [0.15, 0.2) is 0 Å². The van der Waals surface area contributed by atoms with Crippen LogP contribution in [0.4, 0.5) is 0 Å². The molecule has 0 aromatic rings. The lowest BCUT2D eigenvalue weighted by molar-refractivity contribution is -0.197. The number of rotatable bonds is 2. The summed E-state index contributed by atoms with van der Waals surface area (Å²) in [6.45, 7) is 2.63. The smallest absolute Gasteiger partial charge is 0.269 e. The van der Waals surface area contributed by atoms with Crippen LogP contribution in [-0.2, 0) is 9.47 Å². The second-order valence-corrected chi connectivity index (χ2v) is 2.62. The molecular weight excluding hydrogens is 130 g/mol. The van der Waals surface area contributed by atoms with Gasteiger partial charge in [0, 0.05) is 19.2 Å². The van der Waals surface area contributed by atoms with Crippen LogP contribution in [0.5, 0.6) is 0 Å². The van der Waals surface area contributed by atoms with Crippen LogP contribution in [0.3, 0.4) is 0 Å². The second-order valence-electron chi connectivity index (χ2n) is 2.62. The van der Waals surface area contributed by atoms with Crippen molar-refractivity contribution in [2.24, 2.45) is 4.99 Å². The Morgan fingerprint density at radius 2 is 2.80 bits per heavy atom. The summed E-state index contributed by atoms with van der Waals surface area (Å²) < 4.78 is 10.8. The van der Waals surface area contributed by atoms with Crippen molar-refractivity contribution < 1.29 is 9.47 Å². The molecule has 0 aromatic carbocycles. The average Bonchev–Trinajstić information content (AvgIpc) is 2.46. The molecule has 1 saturated heterocycles. The molecule has 0 amide bonds. The van der Waals surface area contributed by atoms with Gasteiger partial charge < -0.3 is 9.47 Å². The Morgan fingerprint density at radius 3 is 3.20 bits per heavy atom. The Balaban J connectivity index is 2.09. The lowest BCUT2D eigenvalue weighted by Crippen LogP contribution is -2.26. The van der Waals surface area contributed by atoms with Crippen LogP contribution >= 0.6 is 0 Å². The van der Waals surface area contributed by atoms with Crippen LogP contribution in [0.15, 0.2) is 4.99 Å². The van der Waals surface area contributed by atoms with Gasteiger partial charge in [0.2, 0.25) is 0 Å². The van der Waals surface area contributed by atoms with Crippen LogP contribution in [0.2, 0.25) is 0 Å². The Labute approximate surface area is 60.0 Å². The van der Waals surface area contributed by atoms with Crippen LogP contribution in [-0.4, -0.2) is 24.8 Å². The fourth-order valence-corrected chi connectivity index (χ4v) is 1.44. The monoisotopic (exact) mass is 141 g/mol. The molecule has 2 atom stereocenters. The van der Waals surface area contributed by atoms with E-state index in [1.807, 2.05) is 13.1 Å². The minimum atomic E-state index is -0.570. The molecular formula is C7H11NO2. The molecule has 3 heteroatoms. The van der Waals surface area contributed by atoms with Gasteiger partial charge in [-0.3, -0.25) is 0 Å². The number of nitrogens with zero attached hydrogens (tertiary/aromatic N) is 1. The molecule has 2 unspecified atom stereocenters. The SMILES string of the molecule is CCOC12CCC(C=N1)O2. The van der Waals surface area contributed by atoms with E-state index < -0.39 is 5.91 Å². The van der Waals surface area contributed by atoms with Crippen molar-refractivity contribution in [1.82, 2.24) is 0 Å². The highest BCUT2D eigenvalue weighted by atomic mass is 16.7. The number of aliphatic imine (C=N–C) groups is 1. The molecule has 2 rings (SSSR count). The molecule has 0 radical (unpaired) electrons. The summed E-state index contributed by atoms with van der Waals surface area (Å²) in [6.07, 6.45) is 4.05. The zero-order valence-electron chi connectivity index (χ0n) is 6.04. The summed E-state index contributed by atoms with van der Waals surface area (Å²) in [5, 5.41) is 0. The molecule has 2 aliphatic heterocycles. The normalized spacial score (nSPS) is 43.1. The predicted molar refractivity (Wildman–Crippen MR) is 37.0 cm³/mol. The first-order valence-corrected chi connectivity index (χ1v) is 3.72. The Hall–Kier alpha value is -0.410. The van der Waals surface area contributed by atoms with E-state index in [1.165, 1.54) is 0 Å². The maximum Gasteiger partial charge on any atom is 0.269 e. The number of fused-ring (bicyclic) bond motifs is 2. The maximum absolute atomic E-state index is 5.46. The lowest BCUT2D eigenvalue weighted by atomic mass is 10.2. The van der Waals surface area contributed by atoms with Gasteiger partial charge in [-0.15, -0.1) is 0 Å². The van der Waals surface area contributed by atoms with Crippen LogP contribution < -0.4 is 0 Å². The Bertz CT molecular complexity index is 169. The molecule has 0 saturated carbocycles. The van der Waals surface area contributed by atoms with Gasteiger partial charge in [0.25, 0.3) is 5.91 Å². The maximum atomic E-state index is 5.46. The predicted octanol–water partition coefficient (Wildman–Crippen LogP) is 0.940. The quantitative estimate of drug-likeness (QED) is 0.573. The molecule has 2 aliphatic rings. The topological polar surface area (TPSA) is 30.8 Å². The molecule has 0 N–H and O–H groups in total. The molecule has 2 bridgehead atoms. The number of hydrogen-bond donors (Lipinski definition) is 0. The highest BCUT2D eigenvalue weighted by Crippen LogP contribution is 2.36. The van der Waals surface area contributed by atoms with E-state index in [2.05, 4.69) is 4.99 Å². The summed E-state index contributed by atoms with van der Waals surface area (Å²) in [4.78, 5) is 4.16. The third-order valence-corrected chi connectivity index (χ3v) is 1.89. The van der Waals surface area contributed by atoms with Gasteiger partial charge in [-0.1, -0.05) is 0 Å². The zero-order chi connectivity index (χ0) is 7.03. The highest BCUT2D eigenvalue weighted by Gasteiger charge is 2.44. The van der Waals surface area contributed by atoms with Crippen molar-refractivity contribution in [2.75, 3.05) is 6.61 Å². The van der Waals surface area contributed by atoms with Crippen molar-refractivity contribution in [3.05, 3.63) is 0 Å². The summed E-state index contributed by atoms with van der Waals surface area (Å²) in [7, 11) is 0. The third kappa shape index (κ3) is 0.777. The number of ether oxygens (including phenoxy) is 2. The van der Waals surface area contributed by atoms with Gasteiger partial charge in [0.1, 0.15) is 0 Å². The minimum Gasteiger partial charge on any atom is -0.332 e. The molecule has 10 heavy (non-hydrogen) atoms. The summed E-state index contributed by atoms with van der Waals surface area (Å²) in [5.41, 5.74) is 0. The van der Waals surface area contributed by atoms with E-state index >= 15 is 0 Å². The fraction of sp³-hybridized carbons (Fsp3) is 0.857. The average molecular weight is 141 g/mol. The molecule has 1 fully saturated rings. The van der Waals surface area contributed by atoms with Crippen molar-refractivity contribution in [3.8, 4) is 0 Å². The Morgan fingerprint density at radius 1 is 1.90 bits per heavy atom. The van der Waals surface area contributed by atoms with Gasteiger partial charge >= 0.3 is 0 Å². The van der Waals surface area contributed by atoms with Crippen molar-refractivity contribution in [1.29, 1.82) is 0 Å². The molecule has 3 nitrogen and oxygen atoms in total. The summed E-state index contributed by atoms with van der Waals surface area (Å²) >= 11 is 0. The van der Waals surface area contributed by atoms with E-state index in [0.29, 0.717) is 6.61 Å². The van der Waals surface area contributed by atoms with Crippen LogP contribution in [0.25, 0.3) is 0 Å². The molecule has 0 aliphatic carbocycles. The van der Waals surface area contributed by atoms with Crippen LogP contribution in [0, 0.1) is 0 Å². The first-order valence-electron chi connectivity index (χ1n) is 3.72. The van der Waals surface area contributed by atoms with E-state index in [0.717, 1.165) is 12.8 Å². The van der Waals surface area contributed by atoms with Crippen molar-refractivity contribution in [3.63, 3.8) is 0 Å². The van der Waals surface area contributed by atoms with Crippen molar-refractivity contribution >= 4 is 6.21 Å². The second kappa shape index (κ2) is 2.04. The summed E-state index contributed by atoms with van der Waals surface area (Å²) in [6, 6.07) is 0. The largest absolute Gasteiger partial charge is 0.332 e. The molecule has 56 valence electrons. The zero-order valence-corrected chi connectivity index (χ0v) is 6.04. The van der Waals surface area contributed by atoms with Crippen LogP contribution in [0.1, 0.15) is 19.8 Å². The van der Waals surface area contributed by atoms with Gasteiger partial charge in [-0.25, -0.2) is 4.99 Å². The van der Waals surface area contributed by atoms with Gasteiger partial charge in [-0.05, 0) is 13.3 Å². The minimum absolute atomic E-state index is 0.228. The van der Waals surface area contributed by atoms with E-state index in [-0.39, 0.29) is 6.10 Å². The lowest BCUT2D eigenvalue weighted by Gasteiger charge is -2.19. The van der Waals surface area contributed by atoms with Crippen molar-refractivity contribution in [2.45, 2.75) is 31.8 Å². The first kappa shape index (κ1) is 6.31. The molecule has 0 spiro atoms. The van der Waals surface area contributed by atoms with E-state index in [1.54, 1.807) is 0 Å². The standard InChI is InChI=1S/C7H11NO2/c1-2-9-7-4-3-6(10-7)5-8-7/h5-6H,2-4H2,1H3. The van der Waals surface area contributed by atoms with E-state index in [4.69, 9.17) is 9.47 Å². The van der Waals surface area contributed by atoms with Gasteiger partial charge in [-0.2, -0.15) is 0 Å². The summed E-state index contributed by atoms with van der Waals surface area (Å²) in [5.74, 6) is -0.570. The van der Waals surface area contributed by atoms with Gasteiger partial charge in [0.05, 0.1) is 6.10 Å². The third-order valence-electron chi connectivity index (χ3n) is 1.89. The Kier molecular flexibility index (Phi) is 1.28. The van der Waals surface area contributed by atoms with E-state index in [9.17, 15) is 0 Å². The molecule has 2 heterocycles. The fourth-order valence-electron chi connectivity index (χ4n) is 1.44. The first-order chi connectivity index (χ1) is 4.85. The highest BCUT2D eigenvalue weighted by molar-refractivity contribution is 5.66. The number of hydrogen-bond acceptors (Lipinski definition) is 3. The molecule has 0 aromatic heterocycles.